The summed E-state index contributed by atoms with van der Waals surface area (Å²) < 4.78 is 0. The molecule has 0 aliphatic carbocycles. The van der Waals surface area contributed by atoms with Gasteiger partial charge in [-0.3, -0.25) is 4.79 Å². The first-order valence-electron chi connectivity index (χ1n) is 7.88. The van der Waals surface area contributed by atoms with Crippen LogP contribution >= 0.6 is 0 Å². The number of hydrogen-bond donors (Lipinski definition) is 2. The molecule has 1 fully saturated rings. The van der Waals surface area contributed by atoms with Crippen molar-refractivity contribution in [2.45, 2.75) is 19.0 Å². The Balaban J connectivity index is 1.57. The molecule has 1 aromatic carbocycles. The second kappa shape index (κ2) is 6.74. The summed E-state index contributed by atoms with van der Waals surface area (Å²) in [5.41, 5.74) is 1.97. The Labute approximate surface area is 140 Å². The van der Waals surface area contributed by atoms with Gasteiger partial charge in [-0.25, -0.2) is 9.78 Å². The molecule has 1 aliphatic heterocycles. The van der Waals surface area contributed by atoms with Crippen molar-refractivity contribution in [1.82, 2.24) is 25.1 Å². The molecule has 7 nitrogen and oxygen atoms in total. The topological polar surface area (TPSA) is 81.3 Å². The van der Waals surface area contributed by atoms with Crippen LogP contribution in [-0.4, -0.2) is 58.4 Å². The van der Waals surface area contributed by atoms with Crippen LogP contribution in [0, 0.1) is 0 Å². The molecule has 126 valence electrons. The molecule has 1 aromatic heterocycles. The van der Waals surface area contributed by atoms with Gasteiger partial charge in [-0.1, -0.05) is 30.3 Å². The SMILES string of the molecule is CN1CC(NC(=O)N(C)Cc2ncc(-c3ccccc3)[nH]2)CC1=O. The van der Waals surface area contributed by atoms with Gasteiger partial charge < -0.3 is 20.1 Å². The number of benzene rings is 1. The molecule has 7 heteroatoms. The molecule has 1 saturated heterocycles. The molecule has 0 bridgehead atoms. The van der Waals surface area contributed by atoms with Crippen molar-refractivity contribution in [3.63, 3.8) is 0 Å². The predicted octanol–water partition coefficient (Wildman–Crippen LogP) is 1.45. The zero-order chi connectivity index (χ0) is 17.1. The first kappa shape index (κ1) is 16.0. The molecule has 2 heterocycles. The number of carbonyl (C=O) groups excluding carboxylic acids is 2. The molecule has 24 heavy (non-hydrogen) atoms. The average molecular weight is 327 g/mol. The van der Waals surface area contributed by atoms with Crippen LogP contribution in [0.3, 0.4) is 0 Å². The zero-order valence-corrected chi connectivity index (χ0v) is 13.8. The van der Waals surface area contributed by atoms with E-state index in [0.717, 1.165) is 11.3 Å². The Morgan fingerprint density at radius 1 is 1.42 bits per heavy atom. The van der Waals surface area contributed by atoms with Crippen molar-refractivity contribution in [2.24, 2.45) is 0 Å². The van der Waals surface area contributed by atoms with Crippen molar-refractivity contribution in [3.8, 4) is 11.3 Å². The largest absolute Gasteiger partial charge is 0.344 e. The quantitative estimate of drug-likeness (QED) is 0.892. The highest BCUT2D eigenvalue weighted by Gasteiger charge is 2.28. The number of likely N-dealkylation sites (tertiary alicyclic amines) is 1. The van der Waals surface area contributed by atoms with Gasteiger partial charge in [0, 0.05) is 27.1 Å². The Bertz CT molecular complexity index is 728. The smallest absolute Gasteiger partial charge is 0.317 e. The standard InChI is InChI=1S/C17H21N5O2/c1-21-10-13(8-16(21)23)19-17(24)22(2)11-15-18-9-14(20-15)12-6-4-3-5-7-12/h3-7,9,13H,8,10-11H2,1-2H3,(H,18,20)(H,19,24). The molecule has 2 N–H and O–H groups in total. The summed E-state index contributed by atoms with van der Waals surface area (Å²) in [6.45, 7) is 0.923. The van der Waals surface area contributed by atoms with Gasteiger partial charge in [-0.15, -0.1) is 0 Å². The van der Waals surface area contributed by atoms with E-state index in [1.165, 1.54) is 0 Å². The van der Waals surface area contributed by atoms with Gasteiger partial charge in [0.1, 0.15) is 5.82 Å². The van der Waals surface area contributed by atoms with E-state index >= 15 is 0 Å². The first-order chi connectivity index (χ1) is 11.5. The minimum atomic E-state index is -0.208. The summed E-state index contributed by atoms with van der Waals surface area (Å²) in [4.78, 5) is 34.5. The lowest BCUT2D eigenvalue weighted by Crippen LogP contribution is -2.43. The van der Waals surface area contributed by atoms with E-state index in [2.05, 4.69) is 15.3 Å². The van der Waals surface area contributed by atoms with Gasteiger partial charge in [0.2, 0.25) is 5.91 Å². The lowest BCUT2D eigenvalue weighted by Gasteiger charge is -2.19. The highest BCUT2D eigenvalue weighted by atomic mass is 16.2. The molecule has 3 rings (SSSR count). The van der Waals surface area contributed by atoms with Crippen LogP contribution in [0.15, 0.2) is 36.5 Å². The first-order valence-corrected chi connectivity index (χ1v) is 7.88. The minimum absolute atomic E-state index is 0.0569. The number of aromatic amines is 1. The molecular weight excluding hydrogens is 306 g/mol. The van der Waals surface area contributed by atoms with Crippen molar-refractivity contribution in [1.29, 1.82) is 0 Å². The number of aromatic nitrogens is 2. The second-order valence-corrected chi connectivity index (χ2v) is 6.09. The summed E-state index contributed by atoms with van der Waals surface area (Å²) >= 11 is 0. The normalized spacial score (nSPS) is 17.2. The summed E-state index contributed by atoms with van der Waals surface area (Å²) in [5, 5.41) is 2.88. The Kier molecular flexibility index (Phi) is 4.50. The number of urea groups is 1. The van der Waals surface area contributed by atoms with Gasteiger partial charge in [0.05, 0.1) is 24.5 Å². The van der Waals surface area contributed by atoms with Gasteiger partial charge in [-0.05, 0) is 5.56 Å². The van der Waals surface area contributed by atoms with Crippen molar-refractivity contribution in [2.75, 3.05) is 20.6 Å². The minimum Gasteiger partial charge on any atom is -0.344 e. The van der Waals surface area contributed by atoms with Crippen molar-refractivity contribution >= 4 is 11.9 Å². The number of rotatable bonds is 4. The van der Waals surface area contributed by atoms with Gasteiger partial charge in [0.25, 0.3) is 0 Å². The molecule has 3 amide bonds. The number of amides is 3. The third-order valence-electron chi connectivity index (χ3n) is 4.12. The van der Waals surface area contributed by atoms with Crippen LogP contribution in [0.25, 0.3) is 11.3 Å². The van der Waals surface area contributed by atoms with E-state index in [0.29, 0.717) is 25.3 Å². The molecule has 0 spiro atoms. The number of hydrogen-bond acceptors (Lipinski definition) is 3. The van der Waals surface area contributed by atoms with E-state index in [-0.39, 0.29) is 18.0 Å². The third kappa shape index (κ3) is 3.56. The number of likely N-dealkylation sites (N-methyl/N-ethyl adjacent to an activating group) is 1. The van der Waals surface area contributed by atoms with E-state index in [1.807, 2.05) is 30.3 Å². The summed E-state index contributed by atoms with van der Waals surface area (Å²) in [7, 11) is 3.45. The summed E-state index contributed by atoms with van der Waals surface area (Å²) in [6, 6.07) is 9.56. The van der Waals surface area contributed by atoms with E-state index < -0.39 is 0 Å². The molecule has 0 saturated carbocycles. The average Bonchev–Trinajstić information content (AvgIpc) is 3.15. The fourth-order valence-corrected chi connectivity index (χ4v) is 2.75. The van der Waals surface area contributed by atoms with Crippen LogP contribution in [0.5, 0.6) is 0 Å². The van der Waals surface area contributed by atoms with Crippen LogP contribution in [-0.2, 0) is 11.3 Å². The van der Waals surface area contributed by atoms with Crippen molar-refractivity contribution in [3.05, 3.63) is 42.4 Å². The van der Waals surface area contributed by atoms with Crippen LogP contribution in [0.2, 0.25) is 0 Å². The predicted molar refractivity (Wildman–Crippen MR) is 90.1 cm³/mol. The van der Waals surface area contributed by atoms with Gasteiger partial charge in [-0.2, -0.15) is 0 Å². The number of imidazole rings is 1. The number of H-pyrrole nitrogens is 1. The maximum atomic E-state index is 12.2. The number of nitrogens with zero attached hydrogens (tertiary/aromatic N) is 3. The van der Waals surface area contributed by atoms with E-state index in [4.69, 9.17) is 0 Å². The molecule has 1 unspecified atom stereocenters. The summed E-state index contributed by atoms with van der Waals surface area (Å²) in [6.07, 6.45) is 2.12. The Hall–Kier alpha value is -2.83. The van der Waals surface area contributed by atoms with E-state index in [1.54, 1.807) is 30.1 Å². The molecular formula is C17H21N5O2. The zero-order valence-electron chi connectivity index (χ0n) is 13.8. The lowest BCUT2D eigenvalue weighted by atomic mass is 10.2. The maximum Gasteiger partial charge on any atom is 0.317 e. The van der Waals surface area contributed by atoms with Crippen LogP contribution in [0.4, 0.5) is 4.79 Å². The molecule has 2 aromatic rings. The Morgan fingerprint density at radius 3 is 2.83 bits per heavy atom. The van der Waals surface area contributed by atoms with Crippen molar-refractivity contribution < 1.29 is 9.59 Å². The monoisotopic (exact) mass is 327 g/mol. The highest BCUT2D eigenvalue weighted by molar-refractivity contribution is 5.81. The lowest BCUT2D eigenvalue weighted by molar-refractivity contribution is -0.126. The molecule has 1 aliphatic rings. The second-order valence-electron chi connectivity index (χ2n) is 6.09. The third-order valence-corrected chi connectivity index (χ3v) is 4.12. The van der Waals surface area contributed by atoms with E-state index in [9.17, 15) is 9.59 Å². The summed E-state index contributed by atoms with van der Waals surface area (Å²) in [5.74, 6) is 0.771. The van der Waals surface area contributed by atoms with Crippen LogP contribution in [0.1, 0.15) is 12.2 Å². The number of nitrogens with one attached hydrogen (secondary N) is 2. The fraction of sp³-hybridized carbons (Fsp3) is 0.353. The van der Waals surface area contributed by atoms with Gasteiger partial charge in [0.15, 0.2) is 0 Å². The number of carbonyl (C=O) groups is 2. The van der Waals surface area contributed by atoms with Gasteiger partial charge >= 0.3 is 6.03 Å². The fourth-order valence-electron chi connectivity index (χ4n) is 2.75. The maximum absolute atomic E-state index is 12.2. The molecule has 1 atom stereocenters. The Morgan fingerprint density at radius 2 is 2.17 bits per heavy atom. The molecule has 0 radical (unpaired) electrons. The highest BCUT2D eigenvalue weighted by Crippen LogP contribution is 2.16. The van der Waals surface area contributed by atoms with Crippen LogP contribution < -0.4 is 5.32 Å².